The minimum absolute atomic E-state index is 0.00797. The second-order valence-electron chi connectivity index (χ2n) is 5.12. The zero-order valence-corrected chi connectivity index (χ0v) is 12.8. The van der Waals surface area contributed by atoms with Crippen LogP contribution in [0.5, 0.6) is 0 Å². The van der Waals surface area contributed by atoms with Gasteiger partial charge in [-0.25, -0.2) is 0 Å². The Hall–Kier alpha value is -1.87. The van der Waals surface area contributed by atoms with Crippen LogP contribution >= 0.6 is 0 Å². The van der Waals surface area contributed by atoms with Crippen molar-refractivity contribution in [1.29, 1.82) is 0 Å². The van der Waals surface area contributed by atoms with E-state index in [2.05, 4.69) is 42.6 Å². The first-order valence-electron chi connectivity index (χ1n) is 7.62. The van der Waals surface area contributed by atoms with Gasteiger partial charge in [-0.1, -0.05) is 43.3 Å². The van der Waals surface area contributed by atoms with Gasteiger partial charge in [0.05, 0.1) is 13.0 Å². The Bertz CT molecular complexity index is 595. The molecule has 1 unspecified atom stereocenters. The molecule has 0 saturated carbocycles. The molecule has 0 saturated heterocycles. The number of esters is 1. The van der Waals surface area contributed by atoms with Crippen LogP contribution in [-0.2, 0) is 9.53 Å². The van der Waals surface area contributed by atoms with Gasteiger partial charge in [0.25, 0.3) is 0 Å². The van der Waals surface area contributed by atoms with E-state index in [-0.39, 0.29) is 12.0 Å². The lowest BCUT2D eigenvalue weighted by molar-refractivity contribution is -0.143. The molecule has 2 rings (SSSR count). The van der Waals surface area contributed by atoms with Crippen LogP contribution in [0, 0.1) is 0 Å². The molecular weight excluding hydrogens is 262 g/mol. The van der Waals surface area contributed by atoms with Crippen LogP contribution in [0.4, 0.5) is 0 Å². The Labute approximate surface area is 126 Å². The van der Waals surface area contributed by atoms with E-state index in [1.165, 1.54) is 10.8 Å². The lowest BCUT2D eigenvalue weighted by Crippen LogP contribution is -2.25. The molecule has 21 heavy (non-hydrogen) atoms. The third kappa shape index (κ3) is 4.30. The zero-order valence-electron chi connectivity index (χ0n) is 12.8. The molecule has 2 aromatic carbocycles. The number of fused-ring (bicyclic) bond motifs is 1. The van der Waals surface area contributed by atoms with Crippen molar-refractivity contribution in [2.24, 2.45) is 0 Å². The van der Waals surface area contributed by atoms with Gasteiger partial charge in [0.1, 0.15) is 0 Å². The van der Waals surface area contributed by atoms with Gasteiger partial charge in [0, 0.05) is 6.04 Å². The van der Waals surface area contributed by atoms with Crippen LogP contribution in [0.1, 0.15) is 38.3 Å². The number of carbonyl (C=O) groups excluding carboxylic acids is 1. The molecule has 3 nitrogen and oxygen atoms in total. The quantitative estimate of drug-likeness (QED) is 0.786. The highest BCUT2D eigenvalue weighted by atomic mass is 16.5. The van der Waals surface area contributed by atoms with Crippen LogP contribution in [0.3, 0.4) is 0 Å². The highest BCUT2D eigenvalue weighted by Crippen LogP contribution is 2.23. The molecule has 3 heteroatoms. The first-order chi connectivity index (χ1) is 10.2. The van der Waals surface area contributed by atoms with Crippen molar-refractivity contribution >= 4 is 16.7 Å². The molecule has 0 aliphatic rings. The number of hydrogen-bond donors (Lipinski definition) is 1. The third-order valence-electron chi connectivity index (χ3n) is 3.49. The molecular formula is C18H23NO2. The fourth-order valence-electron chi connectivity index (χ4n) is 2.44. The summed E-state index contributed by atoms with van der Waals surface area (Å²) in [4.78, 5) is 11.8. The van der Waals surface area contributed by atoms with Crippen molar-refractivity contribution in [2.45, 2.75) is 32.7 Å². The summed E-state index contributed by atoms with van der Waals surface area (Å²) >= 11 is 0. The van der Waals surface area contributed by atoms with E-state index in [4.69, 9.17) is 4.74 Å². The summed E-state index contributed by atoms with van der Waals surface area (Å²) in [5.41, 5.74) is 1.13. The van der Waals surface area contributed by atoms with Crippen LogP contribution in [0.15, 0.2) is 42.5 Å². The van der Waals surface area contributed by atoms with Crippen LogP contribution in [0.2, 0.25) is 0 Å². The highest BCUT2D eigenvalue weighted by Gasteiger charge is 2.16. The molecule has 1 atom stereocenters. The van der Waals surface area contributed by atoms with E-state index in [1.54, 1.807) is 0 Å². The molecule has 0 heterocycles. The molecule has 112 valence electrons. The predicted octanol–water partition coefficient (Wildman–Crippen LogP) is 3.83. The van der Waals surface area contributed by atoms with E-state index in [9.17, 15) is 4.79 Å². The van der Waals surface area contributed by atoms with E-state index in [0.717, 1.165) is 18.5 Å². The molecule has 0 aliphatic carbocycles. The normalized spacial score (nSPS) is 12.3. The standard InChI is InChI=1S/C18H23NO2/c1-3-11-19-17(13-18(20)21-4-2)16-10-9-14-7-5-6-8-15(14)12-16/h5-10,12,17,19H,3-4,11,13H2,1-2H3. The average Bonchev–Trinajstić information content (AvgIpc) is 2.51. The molecule has 0 aromatic heterocycles. The van der Waals surface area contributed by atoms with Crippen LogP contribution in [0.25, 0.3) is 10.8 Å². The van der Waals surface area contributed by atoms with Crippen molar-refractivity contribution in [3.63, 3.8) is 0 Å². The number of ether oxygens (including phenoxy) is 1. The largest absolute Gasteiger partial charge is 0.466 e. The predicted molar refractivity (Wildman–Crippen MR) is 86.2 cm³/mol. The Morgan fingerprint density at radius 2 is 1.90 bits per heavy atom. The van der Waals surface area contributed by atoms with Gasteiger partial charge in [-0.15, -0.1) is 0 Å². The number of rotatable bonds is 7. The molecule has 0 aliphatic heterocycles. The average molecular weight is 285 g/mol. The summed E-state index contributed by atoms with van der Waals surface area (Å²) in [6, 6.07) is 14.6. The molecule has 0 fully saturated rings. The van der Waals surface area contributed by atoms with Crippen molar-refractivity contribution in [2.75, 3.05) is 13.2 Å². The number of carbonyl (C=O) groups is 1. The second kappa shape index (κ2) is 7.79. The first kappa shape index (κ1) is 15.5. The number of benzene rings is 2. The lowest BCUT2D eigenvalue weighted by Gasteiger charge is -2.18. The number of hydrogen-bond acceptors (Lipinski definition) is 3. The monoisotopic (exact) mass is 285 g/mol. The Morgan fingerprint density at radius 3 is 2.62 bits per heavy atom. The maximum absolute atomic E-state index is 11.8. The van der Waals surface area contributed by atoms with Crippen molar-refractivity contribution in [3.8, 4) is 0 Å². The van der Waals surface area contributed by atoms with E-state index in [1.807, 2.05) is 19.1 Å². The van der Waals surface area contributed by atoms with Gasteiger partial charge in [0.15, 0.2) is 0 Å². The molecule has 0 amide bonds. The molecule has 0 bridgehead atoms. The van der Waals surface area contributed by atoms with Crippen LogP contribution < -0.4 is 5.32 Å². The Kier molecular flexibility index (Phi) is 5.76. The van der Waals surface area contributed by atoms with Crippen LogP contribution in [-0.4, -0.2) is 19.1 Å². The summed E-state index contributed by atoms with van der Waals surface area (Å²) in [5.74, 6) is -0.153. The smallest absolute Gasteiger partial charge is 0.307 e. The summed E-state index contributed by atoms with van der Waals surface area (Å²) in [5, 5.41) is 5.85. The fraction of sp³-hybridized carbons (Fsp3) is 0.389. The SMILES string of the molecule is CCCNC(CC(=O)OCC)c1ccc2ccccc2c1. The van der Waals surface area contributed by atoms with Gasteiger partial charge in [-0.2, -0.15) is 0 Å². The van der Waals surface area contributed by atoms with E-state index >= 15 is 0 Å². The Morgan fingerprint density at radius 1 is 1.14 bits per heavy atom. The molecule has 2 aromatic rings. The van der Waals surface area contributed by atoms with Gasteiger partial charge >= 0.3 is 5.97 Å². The summed E-state index contributed by atoms with van der Waals surface area (Å²) in [7, 11) is 0. The highest BCUT2D eigenvalue weighted by molar-refractivity contribution is 5.83. The van der Waals surface area contributed by atoms with Gasteiger partial charge < -0.3 is 10.1 Å². The van der Waals surface area contributed by atoms with E-state index in [0.29, 0.717) is 13.0 Å². The summed E-state index contributed by atoms with van der Waals surface area (Å²) in [6.07, 6.45) is 1.40. The lowest BCUT2D eigenvalue weighted by atomic mass is 9.99. The molecule has 1 N–H and O–H groups in total. The van der Waals surface area contributed by atoms with Crippen molar-refractivity contribution < 1.29 is 9.53 Å². The fourth-order valence-corrected chi connectivity index (χ4v) is 2.44. The minimum atomic E-state index is -0.153. The zero-order chi connectivity index (χ0) is 15.1. The Balaban J connectivity index is 2.22. The third-order valence-corrected chi connectivity index (χ3v) is 3.49. The topological polar surface area (TPSA) is 38.3 Å². The molecule has 0 spiro atoms. The maximum atomic E-state index is 11.8. The first-order valence-corrected chi connectivity index (χ1v) is 7.62. The van der Waals surface area contributed by atoms with Crippen molar-refractivity contribution in [1.82, 2.24) is 5.32 Å². The minimum Gasteiger partial charge on any atom is -0.466 e. The van der Waals surface area contributed by atoms with Crippen molar-refractivity contribution in [3.05, 3.63) is 48.0 Å². The second-order valence-corrected chi connectivity index (χ2v) is 5.12. The van der Waals surface area contributed by atoms with E-state index < -0.39 is 0 Å². The number of nitrogens with one attached hydrogen (secondary N) is 1. The van der Waals surface area contributed by atoms with Gasteiger partial charge in [-0.3, -0.25) is 4.79 Å². The summed E-state index contributed by atoms with van der Waals surface area (Å²) < 4.78 is 5.08. The van der Waals surface area contributed by atoms with Gasteiger partial charge in [0.2, 0.25) is 0 Å². The molecule has 0 radical (unpaired) electrons. The summed E-state index contributed by atoms with van der Waals surface area (Å²) in [6.45, 7) is 5.27. The van der Waals surface area contributed by atoms with Gasteiger partial charge in [-0.05, 0) is 42.3 Å². The maximum Gasteiger partial charge on any atom is 0.307 e.